The van der Waals surface area contributed by atoms with Gasteiger partial charge in [-0.15, -0.1) is 0 Å². The molecule has 0 spiro atoms. The minimum absolute atomic E-state index is 0. The molecule has 3 N–H and O–H groups in total. The summed E-state index contributed by atoms with van der Waals surface area (Å²) in [5.41, 5.74) is 2.80. The molecule has 0 aliphatic carbocycles. The molecule has 1 amide bonds. The van der Waals surface area contributed by atoms with E-state index in [4.69, 9.17) is 5.11 Å². The zero-order valence-electron chi connectivity index (χ0n) is 22.6. The molecule has 212 valence electrons. The average molecular weight is 568 g/mol. The fourth-order valence-electron chi connectivity index (χ4n) is 4.62. The van der Waals surface area contributed by atoms with Crippen molar-refractivity contribution in [1.29, 1.82) is 0 Å². The molecule has 0 saturated heterocycles. The Bertz CT molecular complexity index is 1310. The first-order chi connectivity index (χ1) is 18.4. The summed E-state index contributed by atoms with van der Waals surface area (Å²) in [6.07, 6.45) is -2.37. The van der Waals surface area contributed by atoms with Crippen LogP contribution in [0.3, 0.4) is 0 Å². The SMILES string of the molecule is Cc1cccc(CN(C)C(=O)c2nn(-c3ccc(F)cc3)c(CCC(O)CC(O)CC(=O)O)c2C(C)C)c1F.[NaH]. The summed E-state index contributed by atoms with van der Waals surface area (Å²) in [6.45, 7) is 5.49. The number of rotatable bonds is 12. The predicted octanol–water partition coefficient (Wildman–Crippen LogP) is 3.73. The summed E-state index contributed by atoms with van der Waals surface area (Å²) in [5, 5.41) is 33.9. The molecule has 3 rings (SSSR count). The Morgan fingerprint density at radius 1 is 1.05 bits per heavy atom. The van der Waals surface area contributed by atoms with Crippen molar-refractivity contribution < 1.29 is 33.7 Å². The van der Waals surface area contributed by atoms with Crippen LogP contribution in [0.5, 0.6) is 0 Å². The number of benzene rings is 2. The number of aliphatic carboxylic acids is 1. The number of carbonyl (C=O) groups excluding carboxylic acids is 1. The average Bonchev–Trinajstić information content (AvgIpc) is 3.24. The zero-order chi connectivity index (χ0) is 28.9. The van der Waals surface area contributed by atoms with Gasteiger partial charge in [-0.05, 0) is 61.9 Å². The molecule has 2 unspecified atom stereocenters. The van der Waals surface area contributed by atoms with Crippen molar-refractivity contribution in [1.82, 2.24) is 14.7 Å². The van der Waals surface area contributed by atoms with E-state index < -0.39 is 36.3 Å². The molecule has 3 aromatic rings. The number of carboxylic acid groups (broad SMARTS) is 1. The fourth-order valence-corrected chi connectivity index (χ4v) is 4.62. The van der Waals surface area contributed by atoms with E-state index in [1.165, 1.54) is 29.2 Å². The summed E-state index contributed by atoms with van der Waals surface area (Å²) >= 11 is 0. The van der Waals surface area contributed by atoms with Crippen molar-refractivity contribution in [3.8, 4) is 5.69 Å². The summed E-state index contributed by atoms with van der Waals surface area (Å²) in [5.74, 6) is -2.55. The van der Waals surface area contributed by atoms with Gasteiger partial charge in [0.2, 0.25) is 0 Å². The van der Waals surface area contributed by atoms with Gasteiger partial charge in [0.15, 0.2) is 5.69 Å². The Morgan fingerprint density at radius 2 is 1.70 bits per heavy atom. The van der Waals surface area contributed by atoms with E-state index in [1.54, 1.807) is 36.9 Å². The Hall–Kier alpha value is -2.63. The summed E-state index contributed by atoms with van der Waals surface area (Å²) < 4.78 is 29.8. The molecule has 8 nitrogen and oxygen atoms in total. The van der Waals surface area contributed by atoms with Gasteiger partial charge in [-0.1, -0.05) is 32.0 Å². The zero-order valence-corrected chi connectivity index (χ0v) is 22.6. The van der Waals surface area contributed by atoms with E-state index in [0.717, 1.165) is 0 Å². The minimum atomic E-state index is -1.20. The second kappa shape index (κ2) is 14.8. The molecule has 40 heavy (non-hydrogen) atoms. The number of hydrogen-bond donors (Lipinski definition) is 3. The molecular formula is C29H36F2N3NaO5. The van der Waals surface area contributed by atoms with Crippen LogP contribution in [0.1, 0.15) is 71.9 Å². The molecule has 0 radical (unpaired) electrons. The number of aliphatic hydroxyl groups is 2. The quantitative estimate of drug-likeness (QED) is 0.288. The number of amides is 1. The van der Waals surface area contributed by atoms with Crippen molar-refractivity contribution in [2.75, 3.05) is 7.05 Å². The molecule has 1 heterocycles. The third-order valence-electron chi connectivity index (χ3n) is 6.57. The van der Waals surface area contributed by atoms with Gasteiger partial charge in [0, 0.05) is 30.4 Å². The van der Waals surface area contributed by atoms with E-state index in [2.05, 4.69) is 5.10 Å². The van der Waals surface area contributed by atoms with Gasteiger partial charge in [0.05, 0.1) is 24.3 Å². The Labute approximate surface area is 254 Å². The van der Waals surface area contributed by atoms with Crippen LogP contribution in [0.2, 0.25) is 0 Å². The van der Waals surface area contributed by atoms with Crippen LogP contribution in [0.4, 0.5) is 8.78 Å². The third-order valence-corrected chi connectivity index (χ3v) is 6.57. The predicted molar refractivity (Wildman–Crippen MR) is 149 cm³/mol. The maximum atomic E-state index is 14.6. The Balaban J connectivity index is 0.00000560. The summed E-state index contributed by atoms with van der Waals surface area (Å²) in [4.78, 5) is 25.9. The summed E-state index contributed by atoms with van der Waals surface area (Å²) in [6, 6.07) is 10.6. The number of aromatic nitrogens is 2. The van der Waals surface area contributed by atoms with Crippen LogP contribution >= 0.6 is 0 Å². The van der Waals surface area contributed by atoms with E-state index in [9.17, 15) is 28.6 Å². The third kappa shape index (κ3) is 8.44. The molecule has 0 bridgehead atoms. The standard InChI is InChI=1S/C29H35F2N3O5.Na.H/c1-17(2)26-24(13-12-22(35)14-23(36)15-25(37)38)34(21-10-8-20(30)9-11-21)32-28(26)29(39)33(4)16-19-7-5-6-18(3)27(19)31;;/h5-11,17,22-23,35-36H,12-16H2,1-4H3,(H,37,38);;. The van der Waals surface area contributed by atoms with Crippen molar-refractivity contribution in [3.63, 3.8) is 0 Å². The van der Waals surface area contributed by atoms with Crippen LogP contribution < -0.4 is 0 Å². The van der Waals surface area contributed by atoms with Crippen LogP contribution in [0, 0.1) is 18.6 Å². The van der Waals surface area contributed by atoms with E-state index >= 15 is 0 Å². The Morgan fingerprint density at radius 3 is 2.30 bits per heavy atom. The van der Waals surface area contributed by atoms with Gasteiger partial charge in [-0.25, -0.2) is 13.5 Å². The second-order valence-electron chi connectivity index (χ2n) is 10.1. The number of nitrogens with zero attached hydrogens (tertiary/aromatic N) is 3. The molecule has 11 heteroatoms. The van der Waals surface area contributed by atoms with Gasteiger partial charge < -0.3 is 20.2 Å². The molecule has 0 fully saturated rings. The number of halogens is 2. The van der Waals surface area contributed by atoms with Gasteiger partial charge in [0.1, 0.15) is 11.6 Å². The number of hydrogen-bond acceptors (Lipinski definition) is 5. The van der Waals surface area contributed by atoms with Crippen molar-refractivity contribution >= 4 is 41.4 Å². The normalized spacial score (nSPS) is 12.6. The van der Waals surface area contributed by atoms with Crippen LogP contribution in [-0.4, -0.2) is 90.7 Å². The van der Waals surface area contributed by atoms with Crippen molar-refractivity contribution in [3.05, 3.63) is 82.2 Å². The van der Waals surface area contributed by atoms with Crippen LogP contribution in [-0.2, 0) is 17.8 Å². The first-order valence-electron chi connectivity index (χ1n) is 12.8. The molecule has 0 saturated carbocycles. The van der Waals surface area contributed by atoms with Gasteiger partial charge in [0.25, 0.3) is 5.91 Å². The number of aryl methyl sites for hydroxylation is 1. The van der Waals surface area contributed by atoms with Gasteiger partial charge >= 0.3 is 35.5 Å². The first kappa shape index (κ1) is 33.6. The maximum absolute atomic E-state index is 14.6. The van der Waals surface area contributed by atoms with Crippen LogP contribution in [0.25, 0.3) is 5.69 Å². The monoisotopic (exact) mass is 567 g/mol. The molecule has 0 aliphatic rings. The van der Waals surface area contributed by atoms with E-state index in [0.29, 0.717) is 28.1 Å². The van der Waals surface area contributed by atoms with Crippen LogP contribution in [0.15, 0.2) is 42.5 Å². The van der Waals surface area contributed by atoms with Crippen molar-refractivity contribution in [2.24, 2.45) is 0 Å². The summed E-state index contributed by atoms with van der Waals surface area (Å²) in [7, 11) is 1.57. The second-order valence-corrected chi connectivity index (χ2v) is 10.1. The van der Waals surface area contributed by atoms with Crippen molar-refractivity contribution in [2.45, 2.75) is 71.1 Å². The molecule has 0 aliphatic heterocycles. The fraction of sp³-hybridized carbons (Fsp3) is 0.414. The first-order valence-corrected chi connectivity index (χ1v) is 12.8. The number of carboxylic acids is 1. The Kier molecular flexibility index (Phi) is 12.5. The van der Waals surface area contributed by atoms with Gasteiger partial charge in [-0.3, -0.25) is 9.59 Å². The molecule has 2 atom stereocenters. The molecular weight excluding hydrogens is 531 g/mol. The molecule has 1 aromatic heterocycles. The number of carbonyl (C=O) groups is 2. The van der Waals surface area contributed by atoms with Gasteiger partial charge in [-0.2, -0.15) is 5.10 Å². The van der Waals surface area contributed by atoms with E-state index in [-0.39, 0.29) is 72.8 Å². The molecule has 2 aromatic carbocycles. The topological polar surface area (TPSA) is 116 Å². The van der Waals surface area contributed by atoms with E-state index in [1.807, 2.05) is 13.8 Å². The number of aliphatic hydroxyl groups excluding tert-OH is 2.